The average molecular weight is 285 g/mol. The van der Waals surface area contributed by atoms with Gasteiger partial charge in [-0.15, -0.1) is 0 Å². The summed E-state index contributed by atoms with van der Waals surface area (Å²) in [6, 6.07) is 0.688. The highest BCUT2D eigenvalue weighted by Crippen LogP contribution is 2.29. The zero-order valence-corrected chi connectivity index (χ0v) is 11.8. The van der Waals surface area contributed by atoms with Gasteiger partial charge < -0.3 is 5.73 Å². The van der Waals surface area contributed by atoms with Crippen molar-refractivity contribution >= 4 is 15.8 Å². The fourth-order valence-corrected chi connectivity index (χ4v) is 4.08. The molecule has 0 atom stereocenters. The van der Waals surface area contributed by atoms with Crippen LogP contribution in [-0.4, -0.2) is 59.6 Å². The van der Waals surface area contributed by atoms with E-state index in [0.717, 1.165) is 13.1 Å². The molecule has 8 heteroatoms. The Morgan fingerprint density at radius 1 is 1.26 bits per heavy atom. The summed E-state index contributed by atoms with van der Waals surface area (Å²) in [5, 5.41) is 3.90. The van der Waals surface area contributed by atoms with E-state index in [2.05, 4.69) is 10.00 Å². The molecule has 2 aliphatic rings. The molecule has 0 bridgehead atoms. The van der Waals surface area contributed by atoms with E-state index in [0.29, 0.717) is 19.1 Å². The highest BCUT2D eigenvalue weighted by Gasteiger charge is 2.36. The Kier molecular flexibility index (Phi) is 3.03. The number of hydrogen-bond donors (Lipinski definition) is 1. The number of hydrogen-bond acceptors (Lipinski definition) is 5. The van der Waals surface area contributed by atoms with Crippen LogP contribution in [0.5, 0.6) is 0 Å². The van der Waals surface area contributed by atoms with Crippen molar-refractivity contribution < 1.29 is 8.42 Å². The number of sulfonamides is 1. The Morgan fingerprint density at radius 2 is 1.89 bits per heavy atom. The van der Waals surface area contributed by atoms with Crippen molar-refractivity contribution in [3.63, 3.8) is 0 Å². The topological polar surface area (TPSA) is 84.5 Å². The van der Waals surface area contributed by atoms with Gasteiger partial charge in [-0.05, 0) is 12.8 Å². The number of nitrogen functional groups attached to an aromatic ring is 1. The van der Waals surface area contributed by atoms with E-state index in [1.807, 2.05) is 0 Å². The van der Waals surface area contributed by atoms with Gasteiger partial charge in [0.05, 0.1) is 0 Å². The summed E-state index contributed by atoms with van der Waals surface area (Å²) in [6.07, 6.45) is 3.97. The van der Waals surface area contributed by atoms with Crippen molar-refractivity contribution in [2.75, 3.05) is 31.9 Å². The third-order valence-corrected chi connectivity index (χ3v) is 5.69. The quantitative estimate of drug-likeness (QED) is 0.807. The van der Waals surface area contributed by atoms with Crippen LogP contribution < -0.4 is 5.73 Å². The van der Waals surface area contributed by atoms with Crippen LogP contribution in [0.25, 0.3) is 0 Å². The van der Waals surface area contributed by atoms with Gasteiger partial charge in [-0.2, -0.15) is 9.40 Å². The highest BCUT2D eigenvalue weighted by atomic mass is 32.2. The molecule has 19 heavy (non-hydrogen) atoms. The first kappa shape index (κ1) is 12.9. The third-order valence-electron chi connectivity index (χ3n) is 3.78. The van der Waals surface area contributed by atoms with Crippen molar-refractivity contribution in [3.05, 3.63) is 6.20 Å². The second-order valence-electron chi connectivity index (χ2n) is 5.22. The molecule has 0 unspecified atom stereocenters. The summed E-state index contributed by atoms with van der Waals surface area (Å²) in [4.78, 5) is 2.49. The van der Waals surface area contributed by atoms with Gasteiger partial charge >= 0.3 is 0 Å². The lowest BCUT2D eigenvalue weighted by Crippen LogP contribution is -2.49. The molecule has 1 aromatic rings. The summed E-state index contributed by atoms with van der Waals surface area (Å²) in [5.41, 5.74) is 5.67. The van der Waals surface area contributed by atoms with Crippen LogP contribution >= 0.6 is 0 Å². The van der Waals surface area contributed by atoms with Gasteiger partial charge in [-0.3, -0.25) is 9.58 Å². The SMILES string of the molecule is Cn1cc(S(=O)(=O)N2CCN(C3CC3)CC2)c(N)n1. The first-order valence-electron chi connectivity index (χ1n) is 6.52. The summed E-state index contributed by atoms with van der Waals surface area (Å²) >= 11 is 0. The summed E-state index contributed by atoms with van der Waals surface area (Å²) < 4.78 is 27.9. The van der Waals surface area contributed by atoms with Crippen LogP contribution in [0.3, 0.4) is 0 Å². The first-order chi connectivity index (χ1) is 8.98. The number of anilines is 1. The van der Waals surface area contributed by atoms with Gasteiger partial charge in [0.1, 0.15) is 4.90 Å². The number of nitrogens with two attached hydrogens (primary N) is 1. The molecule has 7 nitrogen and oxygen atoms in total. The number of nitrogens with zero attached hydrogens (tertiary/aromatic N) is 4. The Hall–Kier alpha value is -1.12. The molecule has 0 radical (unpaired) electrons. The Bertz CT molecular complexity index is 570. The standard InChI is InChI=1S/C11H19N5O2S/c1-14-8-10(11(12)13-14)19(17,18)16-6-4-15(5-7-16)9-2-3-9/h8-9H,2-7H2,1H3,(H2,12,13). The van der Waals surface area contributed by atoms with Crippen LogP contribution in [0.1, 0.15) is 12.8 Å². The van der Waals surface area contributed by atoms with Gasteiger partial charge in [0.2, 0.25) is 10.0 Å². The van der Waals surface area contributed by atoms with E-state index < -0.39 is 10.0 Å². The van der Waals surface area contributed by atoms with Gasteiger partial charge in [-0.1, -0.05) is 0 Å². The molecule has 1 saturated heterocycles. The lowest BCUT2D eigenvalue weighted by molar-refractivity contribution is 0.180. The largest absolute Gasteiger partial charge is 0.381 e. The highest BCUT2D eigenvalue weighted by molar-refractivity contribution is 7.89. The Labute approximate surface area is 113 Å². The molecular formula is C11H19N5O2S. The number of aromatic nitrogens is 2. The minimum Gasteiger partial charge on any atom is -0.381 e. The molecule has 3 rings (SSSR count). The maximum Gasteiger partial charge on any atom is 0.248 e. The van der Waals surface area contributed by atoms with Crippen molar-refractivity contribution in [1.29, 1.82) is 0 Å². The lowest BCUT2D eigenvalue weighted by atomic mass is 10.3. The minimum atomic E-state index is -3.50. The zero-order valence-electron chi connectivity index (χ0n) is 11.0. The van der Waals surface area contributed by atoms with Gasteiger partial charge in [0.15, 0.2) is 5.82 Å². The number of aryl methyl sites for hydroxylation is 1. The van der Waals surface area contributed by atoms with Gasteiger partial charge in [-0.25, -0.2) is 8.42 Å². The predicted octanol–water partition coefficient (Wildman–Crippen LogP) is -0.529. The lowest BCUT2D eigenvalue weighted by Gasteiger charge is -2.33. The second-order valence-corrected chi connectivity index (χ2v) is 7.13. The fraction of sp³-hybridized carbons (Fsp3) is 0.727. The van der Waals surface area contributed by atoms with E-state index >= 15 is 0 Å². The summed E-state index contributed by atoms with van der Waals surface area (Å²) in [7, 11) is -1.84. The molecule has 0 amide bonds. The molecule has 1 aliphatic carbocycles. The fourth-order valence-electron chi connectivity index (χ4n) is 2.57. The van der Waals surface area contributed by atoms with Crippen LogP contribution in [0.4, 0.5) is 5.82 Å². The molecule has 2 fully saturated rings. The molecule has 1 saturated carbocycles. The Morgan fingerprint density at radius 3 is 2.37 bits per heavy atom. The van der Waals surface area contributed by atoms with E-state index in [-0.39, 0.29) is 10.7 Å². The molecule has 1 aromatic heterocycles. The number of piperazine rings is 1. The van der Waals surface area contributed by atoms with Crippen molar-refractivity contribution in [2.45, 2.75) is 23.8 Å². The normalized spacial score (nSPS) is 22.8. The van der Waals surface area contributed by atoms with Crippen LogP contribution in [0.15, 0.2) is 11.1 Å². The van der Waals surface area contributed by atoms with E-state index in [9.17, 15) is 8.42 Å². The maximum absolute atomic E-state index is 12.5. The van der Waals surface area contributed by atoms with Crippen molar-refractivity contribution in [1.82, 2.24) is 19.0 Å². The van der Waals surface area contributed by atoms with Crippen molar-refractivity contribution in [2.24, 2.45) is 7.05 Å². The number of rotatable bonds is 3. The van der Waals surface area contributed by atoms with Gasteiger partial charge in [0, 0.05) is 45.5 Å². The van der Waals surface area contributed by atoms with Crippen LogP contribution in [0.2, 0.25) is 0 Å². The second kappa shape index (κ2) is 4.46. The molecule has 2 heterocycles. The third kappa shape index (κ3) is 2.35. The molecular weight excluding hydrogens is 266 g/mol. The van der Waals surface area contributed by atoms with E-state index in [1.165, 1.54) is 28.0 Å². The van der Waals surface area contributed by atoms with Crippen LogP contribution in [0, 0.1) is 0 Å². The summed E-state index contributed by atoms with van der Waals surface area (Å²) in [6.45, 7) is 2.69. The van der Waals surface area contributed by atoms with Gasteiger partial charge in [0.25, 0.3) is 0 Å². The maximum atomic E-state index is 12.5. The molecule has 106 valence electrons. The minimum absolute atomic E-state index is 0.0760. The smallest absolute Gasteiger partial charge is 0.248 e. The molecule has 1 aliphatic heterocycles. The van der Waals surface area contributed by atoms with E-state index in [4.69, 9.17) is 5.73 Å². The zero-order chi connectivity index (χ0) is 13.6. The average Bonchev–Trinajstić information content (AvgIpc) is 3.15. The monoisotopic (exact) mass is 285 g/mol. The van der Waals surface area contributed by atoms with Crippen LogP contribution in [-0.2, 0) is 17.1 Å². The first-order valence-corrected chi connectivity index (χ1v) is 7.96. The molecule has 0 aromatic carbocycles. The Balaban J connectivity index is 1.76. The van der Waals surface area contributed by atoms with Crippen molar-refractivity contribution in [3.8, 4) is 0 Å². The molecule has 2 N–H and O–H groups in total. The molecule has 0 spiro atoms. The van der Waals surface area contributed by atoms with E-state index in [1.54, 1.807) is 7.05 Å². The summed E-state index contributed by atoms with van der Waals surface area (Å²) in [5.74, 6) is 0.0760. The predicted molar refractivity (Wildman–Crippen MR) is 71.0 cm³/mol.